The van der Waals surface area contributed by atoms with Crippen LogP contribution in [0.4, 0.5) is 0 Å². The number of pyridine rings is 1. The summed E-state index contributed by atoms with van der Waals surface area (Å²) in [5.41, 5.74) is 1.63. The van der Waals surface area contributed by atoms with Gasteiger partial charge in [-0.3, -0.25) is 9.88 Å². The third-order valence-electron chi connectivity index (χ3n) is 3.92. The summed E-state index contributed by atoms with van der Waals surface area (Å²) in [6, 6.07) is 7.76. The molecular weight excluding hydrogens is 264 g/mol. The van der Waals surface area contributed by atoms with E-state index in [4.69, 9.17) is 4.42 Å². The van der Waals surface area contributed by atoms with E-state index in [0.29, 0.717) is 30.7 Å². The molecule has 1 atom stereocenters. The van der Waals surface area contributed by atoms with Crippen molar-refractivity contribution in [3.63, 3.8) is 0 Å². The maximum absolute atomic E-state index is 10.0. The Hall–Kier alpha value is -1.81. The lowest BCUT2D eigenvalue weighted by Crippen LogP contribution is -2.36. The van der Waals surface area contributed by atoms with Gasteiger partial charge in [0, 0.05) is 18.3 Å². The molecule has 2 heterocycles. The van der Waals surface area contributed by atoms with Gasteiger partial charge in [0.2, 0.25) is 0 Å². The first kappa shape index (κ1) is 15.6. The molecule has 0 aliphatic heterocycles. The second-order valence-electron chi connectivity index (χ2n) is 5.89. The smallest absolute Gasteiger partial charge is 0.138 e. The Bertz CT molecular complexity index is 564. The highest BCUT2D eigenvalue weighted by Crippen LogP contribution is 2.22. The number of furan rings is 1. The first-order valence-corrected chi connectivity index (χ1v) is 7.39. The van der Waals surface area contributed by atoms with Crippen LogP contribution in [0.3, 0.4) is 0 Å². The van der Waals surface area contributed by atoms with Crippen molar-refractivity contribution in [2.75, 3.05) is 0 Å². The largest absolute Gasteiger partial charge is 0.506 e. The van der Waals surface area contributed by atoms with Crippen molar-refractivity contribution in [1.82, 2.24) is 9.88 Å². The van der Waals surface area contributed by atoms with E-state index >= 15 is 0 Å². The fourth-order valence-electron chi connectivity index (χ4n) is 2.28. The molecule has 0 aliphatic carbocycles. The van der Waals surface area contributed by atoms with Crippen molar-refractivity contribution in [2.45, 2.75) is 46.8 Å². The van der Waals surface area contributed by atoms with Crippen LogP contribution in [0.15, 0.2) is 34.9 Å². The van der Waals surface area contributed by atoms with E-state index in [1.807, 2.05) is 25.1 Å². The van der Waals surface area contributed by atoms with Gasteiger partial charge in [0.25, 0.3) is 0 Å². The number of hydrogen-bond acceptors (Lipinski definition) is 4. The van der Waals surface area contributed by atoms with Gasteiger partial charge in [-0.15, -0.1) is 0 Å². The van der Waals surface area contributed by atoms with Crippen LogP contribution in [-0.4, -0.2) is 21.0 Å². The predicted octanol–water partition coefficient (Wildman–Crippen LogP) is 3.74. The van der Waals surface area contributed by atoms with E-state index in [1.165, 1.54) is 0 Å². The molecule has 1 N–H and O–H groups in total. The minimum Gasteiger partial charge on any atom is -0.506 e. The number of hydrogen-bond donors (Lipinski definition) is 1. The summed E-state index contributed by atoms with van der Waals surface area (Å²) in [6.45, 7) is 9.84. The van der Waals surface area contributed by atoms with Crippen LogP contribution in [0.2, 0.25) is 0 Å². The average Bonchev–Trinajstić information content (AvgIpc) is 2.94. The van der Waals surface area contributed by atoms with E-state index in [2.05, 4.69) is 30.7 Å². The minimum absolute atomic E-state index is 0.251. The molecular formula is C17H24N2O2. The van der Waals surface area contributed by atoms with Crippen molar-refractivity contribution in [3.8, 4) is 5.75 Å². The Morgan fingerprint density at radius 1 is 1.19 bits per heavy atom. The Balaban J connectivity index is 2.20. The molecule has 0 fully saturated rings. The average molecular weight is 288 g/mol. The summed E-state index contributed by atoms with van der Waals surface area (Å²) in [5.74, 6) is 1.68. The Kier molecular flexibility index (Phi) is 5.02. The molecule has 4 heteroatoms. The third-order valence-corrected chi connectivity index (χ3v) is 3.92. The maximum atomic E-state index is 10.0. The number of rotatable bonds is 6. The van der Waals surface area contributed by atoms with Gasteiger partial charge in [-0.25, -0.2) is 0 Å². The molecule has 21 heavy (non-hydrogen) atoms. The van der Waals surface area contributed by atoms with Crippen LogP contribution in [0.1, 0.15) is 37.9 Å². The second kappa shape index (κ2) is 6.76. The summed E-state index contributed by atoms with van der Waals surface area (Å²) in [6.07, 6.45) is 1.69. The Morgan fingerprint density at radius 2 is 1.95 bits per heavy atom. The Morgan fingerprint density at radius 3 is 2.57 bits per heavy atom. The predicted molar refractivity (Wildman–Crippen MR) is 82.9 cm³/mol. The molecule has 0 spiro atoms. The standard InChI is InChI=1S/C17H24N2O2/c1-12(2)14(4)19(10-15-6-5-9-21-15)11-16-17(20)8-7-13(3)18-16/h5-9,12,14,20H,10-11H2,1-4H3/t14-/m1/s1. The van der Waals surface area contributed by atoms with Crippen molar-refractivity contribution < 1.29 is 9.52 Å². The number of aryl methyl sites for hydroxylation is 1. The SMILES string of the molecule is Cc1ccc(O)c(CN(Cc2ccco2)[C@H](C)C(C)C)n1. The molecule has 0 aromatic carbocycles. The molecule has 0 bridgehead atoms. The summed E-state index contributed by atoms with van der Waals surface area (Å²) < 4.78 is 5.46. The topological polar surface area (TPSA) is 49.5 Å². The van der Waals surface area contributed by atoms with Gasteiger partial charge in [0.1, 0.15) is 11.5 Å². The van der Waals surface area contributed by atoms with Crippen molar-refractivity contribution in [1.29, 1.82) is 0 Å². The summed E-state index contributed by atoms with van der Waals surface area (Å²) in [4.78, 5) is 6.74. The molecule has 2 rings (SSSR count). The summed E-state index contributed by atoms with van der Waals surface area (Å²) in [7, 11) is 0. The van der Waals surface area contributed by atoms with E-state index in [-0.39, 0.29) is 5.75 Å². The van der Waals surface area contributed by atoms with Crippen LogP contribution in [0.25, 0.3) is 0 Å². The van der Waals surface area contributed by atoms with Gasteiger partial charge in [0.05, 0.1) is 18.5 Å². The van der Waals surface area contributed by atoms with Gasteiger partial charge in [0.15, 0.2) is 0 Å². The number of nitrogens with zero attached hydrogens (tertiary/aromatic N) is 2. The monoisotopic (exact) mass is 288 g/mol. The molecule has 0 saturated carbocycles. The van der Waals surface area contributed by atoms with Crippen LogP contribution < -0.4 is 0 Å². The maximum Gasteiger partial charge on any atom is 0.138 e. The number of aromatic hydroxyl groups is 1. The van der Waals surface area contributed by atoms with E-state index < -0.39 is 0 Å². The Labute approximate surface area is 126 Å². The molecule has 2 aromatic heterocycles. The van der Waals surface area contributed by atoms with Gasteiger partial charge < -0.3 is 9.52 Å². The van der Waals surface area contributed by atoms with E-state index in [1.54, 1.807) is 12.3 Å². The highest BCUT2D eigenvalue weighted by molar-refractivity contribution is 5.27. The molecule has 0 unspecified atom stereocenters. The fraction of sp³-hybridized carbons (Fsp3) is 0.471. The van der Waals surface area contributed by atoms with Gasteiger partial charge in [-0.2, -0.15) is 0 Å². The normalized spacial score (nSPS) is 13.0. The first-order chi connectivity index (χ1) is 9.97. The highest BCUT2D eigenvalue weighted by Gasteiger charge is 2.20. The molecule has 0 radical (unpaired) electrons. The van der Waals surface area contributed by atoms with Crippen LogP contribution in [-0.2, 0) is 13.1 Å². The third kappa shape index (κ3) is 4.08. The first-order valence-electron chi connectivity index (χ1n) is 7.39. The molecule has 0 amide bonds. The van der Waals surface area contributed by atoms with Crippen molar-refractivity contribution >= 4 is 0 Å². The van der Waals surface area contributed by atoms with Crippen molar-refractivity contribution in [3.05, 3.63) is 47.7 Å². The second-order valence-corrected chi connectivity index (χ2v) is 5.89. The zero-order valence-electron chi connectivity index (χ0n) is 13.2. The van der Waals surface area contributed by atoms with E-state index in [0.717, 1.165) is 11.5 Å². The summed E-state index contributed by atoms with van der Waals surface area (Å²) in [5, 5.41) is 10.0. The molecule has 114 valence electrons. The van der Waals surface area contributed by atoms with E-state index in [9.17, 15) is 5.11 Å². The minimum atomic E-state index is 0.251. The summed E-state index contributed by atoms with van der Waals surface area (Å²) >= 11 is 0. The zero-order valence-corrected chi connectivity index (χ0v) is 13.2. The molecule has 4 nitrogen and oxygen atoms in total. The lowest BCUT2D eigenvalue weighted by Gasteiger charge is -2.31. The fourth-order valence-corrected chi connectivity index (χ4v) is 2.28. The van der Waals surface area contributed by atoms with Gasteiger partial charge >= 0.3 is 0 Å². The highest BCUT2D eigenvalue weighted by atomic mass is 16.3. The van der Waals surface area contributed by atoms with Gasteiger partial charge in [-0.05, 0) is 44.0 Å². The van der Waals surface area contributed by atoms with Crippen LogP contribution in [0, 0.1) is 12.8 Å². The van der Waals surface area contributed by atoms with Crippen LogP contribution in [0.5, 0.6) is 5.75 Å². The van der Waals surface area contributed by atoms with Crippen LogP contribution >= 0.6 is 0 Å². The quantitative estimate of drug-likeness (QED) is 0.879. The lowest BCUT2D eigenvalue weighted by molar-refractivity contribution is 0.137. The molecule has 0 aliphatic rings. The van der Waals surface area contributed by atoms with Crippen molar-refractivity contribution in [2.24, 2.45) is 5.92 Å². The molecule has 0 saturated heterocycles. The zero-order chi connectivity index (χ0) is 15.4. The molecule has 2 aromatic rings. The van der Waals surface area contributed by atoms with Gasteiger partial charge in [-0.1, -0.05) is 13.8 Å². The lowest BCUT2D eigenvalue weighted by atomic mass is 10.0. The number of aromatic nitrogens is 1.